The second kappa shape index (κ2) is 4.60. The molecule has 1 atom stereocenters. The van der Waals surface area contributed by atoms with Crippen molar-refractivity contribution in [3.8, 4) is 0 Å². The van der Waals surface area contributed by atoms with Gasteiger partial charge in [-0.25, -0.2) is 0 Å². The Hall–Kier alpha value is -0.120. The largest absolute Gasteiger partial charge is 0.374 e. The normalized spacial score (nSPS) is 39.4. The van der Waals surface area contributed by atoms with Crippen LogP contribution >= 0.6 is 0 Å². The van der Waals surface area contributed by atoms with Gasteiger partial charge >= 0.3 is 0 Å². The first kappa shape index (κ1) is 10.4. The van der Waals surface area contributed by atoms with Crippen LogP contribution in [0.5, 0.6) is 0 Å². The average Bonchev–Trinajstić information content (AvgIpc) is 2.14. The smallest absolute Gasteiger partial charge is 0.0826 e. The van der Waals surface area contributed by atoms with Gasteiger partial charge in [-0.3, -0.25) is 4.90 Å². The molecular formula is C11H22N2O. The van der Waals surface area contributed by atoms with E-state index >= 15 is 0 Å². The van der Waals surface area contributed by atoms with Crippen molar-refractivity contribution < 1.29 is 4.74 Å². The molecule has 0 aromatic carbocycles. The molecular weight excluding hydrogens is 176 g/mol. The number of hydrogen-bond donors (Lipinski definition) is 1. The van der Waals surface area contributed by atoms with Gasteiger partial charge in [0.05, 0.1) is 12.7 Å². The van der Waals surface area contributed by atoms with Gasteiger partial charge < -0.3 is 10.1 Å². The predicted molar refractivity (Wildman–Crippen MR) is 57.4 cm³/mol. The molecule has 82 valence electrons. The molecule has 2 fully saturated rings. The number of hydrogen-bond acceptors (Lipinski definition) is 3. The van der Waals surface area contributed by atoms with Crippen LogP contribution in [0, 0.1) is 5.92 Å². The fourth-order valence-electron chi connectivity index (χ4n) is 2.58. The highest BCUT2D eigenvalue weighted by Gasteiger charge is 2.33. The summed E-state index contributed by atoms with van der Waals surface area (Å²) in [6.45, 7) is 6.51. The number of likely N-dealkylation sites (N-methyl/N-ethyl adjacent to an activating group) is 1. The third-order valence-electron chi connectivity index (χ3n) is 3.47. The minimum Gasteiger partial charge on any atom is -0.374 e. The lowest BCUT2D eigenvalue weighted by Crippen LogP contribution is -2.53. The summed E-state index contributed by atoms with van der Waals surface area (Å²) >= 11 is 0. The van der Waals surface area contributed by atoms with Crippen LogP contribution in [0.15, 0.2) is 0 Å². The Bertz CT molecular complexity index is 176. The van der Waals surface area contributed by atoms with Crippen molar-refractivity contribution in [2.45, 2.75) is 31.9 Å². The quantitative estimate of drug-likeness (QED) is 0.722. The molecule has 1 heterocycles. The highest BCUT2D eigenvalue weighted by molar-refractivity contribution is 4.87. The van der Waals surface area contributed by atoms with Crippen LogP contribution in [0.4, 0.5) is 0 Å². The zero-order chi connectivity index (χ0) is 9.97. The molecule has 2 aliphatic rings. The fraction of sp³-hybridized carbons (Fsp3) is 1.00. The number of nitrogens with zero attached hydrogens (tertiary/aromatic N) is 1. The summed E-state index contributed by atoms with van der Waals surface area (Å²) in [5, 5.41) is 3.19. The fourth-order valence-corrected chi connectivity index (χ4v) is 2.58. The van der Waals surface area contributed by atoms with Crippen LogP contribution in [0.2, 0.25) is 0 Å². The molecule has 3 nitrogen and oxygen atoms in total. The zero-order valence-electron chi connectivity index (χ0n) is 9.33. The van der Waals surface area contributed by atoms with E-state index in [9.17, 15) is 0 Å². The average molecular weight is 198 g/mol. The van der Waals surface area contributed by atoms with Gasteiger partial charge in [0.1, 0.15) is 0 Å². The van der Waals surface area contributed by atoms with Crippen molar-refractivity contribution in [3.63, 3.8) is 0 Å². The zero-order valence-corrected chi connectivity index (χ0v) is 9.33. The van der Waals surface area contributed by atoms with Crippen LogP contribution in [0.3, 0.4) is 0 Å². The SMILES string of the molecule is CNCC1CN(C2CC(C)C2)CCO1. The number of rotatable bonds is 3. The summed E-state index contributed by atoms with van der Waals surface area (Å²) in [5.41, 5.74) is 0. The molecule has 2 rings (SSSR count). The molecule has 1 unspecified atom stereocenters. The minimum atomic E-state index is 0.407. The summed E-state index contributed by atoms with van der Waals surface area (Å²) in [7, 11) is 1.99. The first-order valence-corrected chi connectivity index (χ1v) is 5.80. The molecule has 1 saturated heterocycles. The maximum atomic E-state index is 5.69. The summed E-state index contributed by atoms with van der Waals surface area (Å²) in [5.74, 6) is 0.950. The van der Waals surface area contributed by atoms with Crippen molar-refractivity contribution in [1.29, 1.82) is 0 Å². The molecule has 1 aliphatic carbocycles. The lowest BCUT2D eigenvalue weighted by Gasteiger charge is -2.45. The maximum absolute atomic E-state index is 5.69. The Labute approximate surface area is 86.8 Å². The molecule has 0 spiro atoms. The lowest BCUT2D eigenvalue weighted by atomic mass is 9.80. The maximum Gasteiger partial charge on any atom is 0.0826 e. The molecule has 0 aromatic heterocycles. The van der Waals surface area contributed by atoms with Gasteiger partial charge in [0, 0.05) is 25.7 Å². The van der Waals surface area contributed by atoms with Crippen LogP contribution in [-0.2, 0) is 4.74 Å². The summed E-state index contributed by atoms with van der Waals surface area (Å²) in [4.78, 5) is 2.62. The van der Waals surface area contributed by atoms with E-state index in [4.69, 9.17) is 4.74 Å². The van der Waals surface area contributed by atoms with E-state index in [1.165, 1.54) is 12.8 Å². The predicted octanol–water partition coefficient (Wildman–Crippen LogP) is 0.705. The molecule has 3 heteroatoms. The van der Waals surface area contributed by atoms with Crippen molar-refractivity contribution in [2.24, 2.45) is 5.92 Å². The van der Waals surface area contributed by atoms with Crippen LogP contribution in [0.1, 0.15) is 19.8 Å². The highest BCUT2D eigenvalue weighted by atomic mass is 16.5. The first-order valence-electron chi connectivity index (χ1n) is 5.80. The van der Waals surface area contributed by atoms with E-state index in [-0.39, 0.29) is 0 Å². The van der Waals surface area contributed by atoms with Gasteiger partial charge in [0.15, 0.2) is 0 Å². The molecule has 0 amide bonds. The third-order valence-corrected chi connectivity index (χ3v) is 3.47. The number of morpholine rings is 1. The van der Waals surface area contributed by atoms with Crippen LogP contribution < -0.4 is 5.32 Å². The van der Waals surface area contributed by atoms with Gasteiger partial charge in [0.25, 0.3) is 0 Å². The van der Waals surface area contributed by atoms with Crippen molar-refractivity contribution in [1.82, 2.24) is 10.2 Å². The van der Waals surface area contributed by atoms with Crippen LogP contribution in [0.25, 0.3) is 0 Å². The number of ether oxygens (including phenoxy) is 1. The molecule has 0 aromatic rings. The third kappa shape index (κ3) is 2.27. The van der Waals surface area contributed by atoms with Gasteiger partial charge in [-0.1, -0.05) is 6.92 Å². The van der Waals surface area contributed by atoms with Crippen molar-refractivity contribution in [3.05, 3.63) is 0 Å². The van der Waals surface area contributed by atoms with Gasteiger partial charge in [-0.2, -0.15) is 0 Å². The van der Waals surface area contributed by atoms with E-state index in [1.54, 1.807) is 0 Å². The van der Waals surface area contributed by atoms with Crippen molar-refractivity contribution >= 4 is 0 Å². The summed E-state index contributed by atoms with van der Waals surface area (Å²) < 4.78 is 5.69. The Balaban J connectivity index is 1.76. The summed E-state index contributed by atoms with van der Waals surface area (Å²) in [6, 6.07) is 0.855. The van der Waals surface area contributed by atoms with Gasteiger partial charge in [0.2, 0.25) is 0 Å². The standard InChI is InChI=1S/C11H22N2O/c1-9-5-10(6-9)13-3-4-14-11(8-13)7-12-2/h9-12H,3-8H2,1-2H3. The second-order valence-electron chi connectivity index (χ2n) is 4.78. The Morgan fingerprint density at radius 3 is 2.86 bits per heavy atom. The topological polar surface area (TPSA) is 24.5 Å². The van der Waals surface area contributed by atoms with E-state index in [2.05, 4.69) is 17.1 Å². The molecule has 1 N–H and O–H groups in total. The minimum absolute atomic E-state index is 0.407. The van der Waals surface area contributed by atoms with E-state index in [0.717, 1.165) is 38.2 Å². The van der Waals surface area contributed by atoms with E-state index < -0.39 is 0 Å². The monoisotopic (exact) mass is 198 g/mol. The van der Waals surface area contributed by atoms with Gasteiger partial charge in [-0.05, 0) is 25.8 Å². The van der Waals surface area contributed by atoms with Crippen molar-refractivity contribution in [2.75, 3.05) is 33.3 Å². The first-order chi connectivity index (χ1) is 6.79. The molecule has 1 saturated carbocycles. The summed E-state index contributed by atoms with van der Waals surface area (Å²) in [6.07, 6.45) is 3.20. The Morgan fingerprint density at radius 1 is 1.43 bits per heavy atom. The van der Waals surface area contributed by atoms with Gasteiger partial charge in [-0.15, -0.1) is 0 Å². The Morgan fingerprint density at radius 2 is 2.21 bits per heavy atom. The Kier molecular flexibility index (Phi) is 3.42. The molecule has 0 radical (unpaired) electrons. The van der Waals surface area contributed by atoms with E-state index in [1.807, 2.05) is 7.05 Å². The lowest BCUT2D eigenvalue weighted by molar-refractivity contribution is -0.0606. The second-order valence-corrected chi connectivity index (χ2v) is 4.78. The molecule has 1 aliphatic heterocycles. The highest BCUT2D eigenvalue weighted by Crippen LogP contribution is 2.31. The molecule has 0 bridgehead atoms. The van der Waals surface area contributed by atoms with E-state index in [0.29, 0.717) is 6.10 Å². The molecule has 14 heavy (non-hydrogen) atoms. The van der Waals surface area contributed by atoms with Crippen LogP contribution in [-0.4, -0.2) is 50.3 Å². The number of nitrogens with one attached hydrogen (secondary N) is 1.